The van der Waals surface area contributed by atoms with E-state index >= 15 is 0 Å². The summed E-state index contributed by atoms with van der Waals surface area (Å²) in [5.74, 6) is 0.285. The Morgan fingerprint density at radius 3 is 2.24 bits per heavy atom. The zero-order valence-corrected chi connectivity index (χ0v) is 10.7. The van der Waals surface area contributed by atoms with Gasteiger partial charge in [0.2, 0.25) is 0 Å². The zero-order chi connectivity index (χ0) is 12.6. The Hall–Kier alpha value is -1.77. The van der Waals surface area contributed by atoms with Crippen LogP contribution < -0.4 is 0 Å². The molecule has 2 aromatic rings. The molecule has 1 heterocycles. The Morgan fingerprint density at radius 2 is 1.71 bits per heavy atom. The lowest BCUT2D eigenvalue weighted by atomic mass is 10.1. The van der Waals surface area contributed by atoms with Gasteiger partial charge in [0.1, 0.15) is 5.75 Å². The number of hydrogen-bond acceptors (Lipinski definition) is 2. The van der Waals surface area contributed by atoms with Crippen LogP contribution in [0.4, 0.5) is 0 Å². The smallest absolute Gasteiger partial charge is 0.115 e. The van der Waals surface area contributed by atoms with E-state index in [4.69, 9.17) is 0 Å². The molecule has 3 nitrogen and oxygen atoms in total. The molecular weight excluding hydrogens is 212 g/mol. The van der Waals surface area contributed by atoms with Gasteiger partial charge in [-0.05, 0) is 58.0 Å². The lowest BCUT2D eigenvalue weighted by Crippen LogP contribution is -2.24. The highest BCUT2D eigenvalue weighted by molar-refractivity contribution is 5.61. The fraction of sp³-hybridized carbons (Fsp3) is 0.357. The summed E-state index contributed by atoms with van der Waals surface area (Å²) in [5.41, 5.74) is 3.10. The van der Waals surface area contributed by atoms with Gasteiger partial charge in [0.25, 0.3) is 0 Å². The van der Waals surface area contributed by atoms with E-state index in [9.17, 15) is 5.11 Å². The molecular formula is C14H18N2O. The quantitative estimate of drug-likeness (QED) is 0.816. The van der Waals surface area contributed by atoms with Crippen molar-refractivity contribution >= 4 is 0 Å². The van der Waals surface area contributed by atoms with E-state index in [0.29, 0.717) is 0 Å². The summed E-state index contributed by atoms with van der Waals surface area (Å²) in [5, 5.41) is 13.9. The molecule has 1 N–H and O–H groups in total. The SMILES string of the molecule is Cc1cc(-c2ccc(O)cc2)n(C(C)(C)C)n1. The molecule has 0 saturated carbocycles. The Kier molecular flexibility index (Phi) is 2.69. The van der Waals surface area contributed by atoms with Crippen LogP contribution in [0.15, 0.2) is 30.3 Å². The zero-order valence-electron chi connectivity index (χ0n) is 10.7. The average molecular weight is 230 g/mol. The molecule has 2 rings (SSSR count). The maximum absolute atomic E-state index is 9.32. The first-order valence-electron chi connectivity index (χ1n) is 5.74. The maximum atomic E-state index is 9.32. The topological polar surface area (TPSA) is 38.0 Å². The van der Waals surface area contributed by atoms with Gasteiger partial charge in [-0.1, -0.05) is 0 Å². The minimum absolute atomic E-state index is 0.0541. The van der Waals surface area contributed by atoms with Crippen LogP contribution in [0.1, 0.15) is 26.5 Å². The van der Waals surface area contributed by atoms with Crippen molar-refractivity contribution in [2.24, 2.45) is 0 Å². The van der Waals surface area contributed by atoms with Gasteiger partial charge >= 0.3 is 0 Å². The fourth-order valence-electron chi connectivity index (χ4n) is 1.85. The largest absolute Gasteiger partial charge is 0.508 e. The second-order valence-corrected chi connectivity index (χ2v) is 5.30. The highest BCUT2D eigenvalue weighted by atomic mass is 16.3. The Morgan fingerprint density at radius 1 is 1.12 bits per heavy atom. The van der Waals surface area contributed by atoms with E-state index in [1.54, 1.807) is 12.1 Å². The van der Waals surface area contributed by atoms with Crippen LogP contribution in [0.3, 0.4) is 0 Å². The van der Waals surface area contributed by atoms with Gasteiger partial charge in [-0.3, -0.25) is 4.68 Å². The number of nitrogens with zero attached hydrogens (tertiary/aromatic N) is 2. The van der Waals surface area contributed by atoms with Gasteiger partial charge in [0, 0.05) is 5.56 Å². The van der Waals surface area contributed by atoms with Crippen molar-refractivity contribution in [1.29, 1.82) is 0 Å². The predicted octanol–water partition coefficient (Wildman–Crippen LogP) is 3.32. The summed E-state index contributed by atoms with van der Waals surface area (Å²) < 4.78 is 2.02. The van der Waals surface area contributed by atoms with Crippen molar-refractivity contribution in [3.63, 3.8) is 0 Å². The molecule has 0 aliphatic carbocycles. The van der Waals surface area contributed by atoms with Gasteiger partial charge in [-0.2, -0.15) is 5.10 Å². The summed E-state index contributed by atoms with van der Waals surface area (Å²) in [4.78, 5) is 0. The highest BCUT2D eigenvalue weighted by Crippen LogP contribution is 2.27. The van der Waals surface area contributed by atoms with Crippen LogP contribution in [-0.2, 0) is 5.54 Å². The number of phenolic OH excluding ortho intramolecular Hbond substituents is 1. The van der Waals surface area contributed by atoms with Gasteiger partial charge in [-0.15, -0.1) is 0 Å². The molecule has 0 amide bonds. The van der Waals surface area contributed by atoms with E-state index in [1.807, 2.05) is 23.7 Å². The van der Waals surface area contributed by atoms with Crippen molar-refractivity contribution in [2.75, 3.05) is 0 Å². The number of phenols is 1. The van der Waals surface area contributed by atoms with Crippen molar-refractivity contribution in [1.82, 2.24) is 9.78 Å². The molecule has 1 aromatic carbocycles. The van der Waals surface area contributed by atoms with E-state index in [2.05, 4.69) is 31.9 Å². The number of aryl methyl sites for hydroxylation is 1. The van der Waals surface area contributed by atoms with E-state index in [1.165, 1.54) is 0 Å². The van der Waals surface area contributed by atoms with Crippen LogP contribution >= 0.6 is 0 Å². The second kappa shape index (κ2) is 3.91. The third-order valence-corrected chi connectivity index (χ3v) is 2.63. The first-order chi connectivity index (χ1) is 7.88. The van der Waals surface area contributed by atoms with Gasteiger partial charge in [0.05, 0.1) is 16.9 Å². The third-order valence-electron chi connectivity index (χ3n) is 2.63. The molecule has 0 aliphatic rings. The molecule has 0 aliphatic heterocycles. The Bertz CT molecular complexity index is 518. The summed E-state index contributed by atoms with van der Waals surface area (Å²) in [6, 6.07) is 9.29. The standard InChI is InChI=1S/C14H18N2O/c1-10-9-13(16(15-10)14(2,3)4)11-5-7-12(17)8-6-11/h5-9,17H,1-4H3. The van der Waals surface area contributed by atoms with E-state index < -0.39 is 0 Å². The van der Waals surface area contributed by atoms with Crippen LogP contribution in [0.2, 0.25) is 0 Å². The van der Waals surface area contributed by atoms with E-state index in [0.717, 1.165) is 17.0 Å². The molecule has 0 bridgehead atoms. The minimum Gasteiger partial charge on any atom is -0.508 e. The number of aromatic nitrogens is 2. The fourth-order valence-corrected chi connectivity index (χ4v) is 1.85. The first kappa shape index (κ1) is 11.7. The third kappa shape index (κ3) is 2.33. The summed E-state index contributed by atoms with van der Waals surface area (Å²) in [7, 11) is 0. The Balaban J connectivity index is 2.55. The number of benzene rings is 1. The van der Waals surface area contributed by atoms with Crippen molar-refractivity contribution in [2.45, 2.75) is 33.2 Å². The summed E-state index contributed by atoms with van der Waals surface area (Å²) >= 11 is 0. The predicted molar refractivity (Wildman–Crippen MR) is 69.1 cm³/mol. The van der Waals surface area contributed by atoms with Gasteiger partial charge in [0.15, 0.2) is 0 Å². The van der Waals surface area contributed by atoms with Gasteiger partial charge in [-0.25, -0.2) is 0 Å². The van der Waals surface area contributed by atoms with Crippen molar-refractivity contribution < 1.29 is 5.11 Å². The maximum Gasteiger partial charge on any atom is 0.115 e. The molecule has 17 heavy (non-hydrogen) atoms. The summed E-state index contributed by atoms with van der Waals surface area (Å²) in [6.07, 6.45) is 0. The number of aromatic hydroxyl groups is 1. The van der Waals surface area contributed by atoms with Crippen LogP contribution in [-0.4, -0.2) is 14.9 Å². The van der Waals surface area contributed by atoms with Crippen LogP contribution in [0.5, 0.6) is 5.75 Å². The normalized spacial score (nSPS) is 11.8. The number of rotatable bonds is 1. The molecule has 90 valence electrons. The molecule has 0 unspecified atom stereocenters. The molecule has 0 fully saturated rings. The molecule has 3 heteroatoms. The van der Waals surface area contributed by atoms with Crippen molar-refractivity contribution in [3.8, 4) is 17.0 Å². The molecule has 0 spiro atoms. The average Bonchev–Trinajstić information content (AvgIpc) is 2.61. The Labute approximate surface area is 102 Å². The van der Waals surface area contributed by atoms with Crippen LogP contribution in [0.25, 0.3) is 11.3 Å². The first-order valence-corrected chi connectivity index (χ1v) is 5.74. The monoisotopic (exact) mass is 230 g/mol. The molecule has 0 atom stereocenters. The lowest BCUT2D eigenvalue weighted by Gasteiger charge is -2.22. The van der Waals surface area contributed by atoms with Crippen molar-refractivity contribution in [3.05, 3.63) is 36.0 Å². The minimum atomic E-state index is -0.0541. The second-order valence-electron chi connectivity index (χ2n) is 5.30. The molecule has 0 radical (unpaired) electrons. The van der Waals surface area contributed by atoms with Crippen LogP contribution in [0, 0.1) is 6.92 Å². The lowest BCUT2D eigenvalue weighted by molar-refractivity contribution is 0.358. The van der Waals surface area contributed by atoms with Gasteiger partial charge < -0.3 is 5.11 Å². The summed E-state index contributed by atoms with van der Waals surface area (Å²) in [6.45, 7) is 8.38. The molecule has 1 aromatic heterocycles. The highest BCUT2D eigenvalue weighted by Gasteiger charge is 2.19. The number of hydrogen-bond donors (Lipinski definition) is 1. The molecule has 0 saturated heterocycles. The van der Waals surface area contributed by atoms with E-state index in [-0.39, 0.29) is 11.3 Å².